The average molecular weight is 286 g/mol. The molecule has 2 atom stereocenters. The molecule has 6 nitrogen and oxygen atoms in total. The first-order valence-electron chi connectivity index (χ1n) is 5.60. The lowest BCUT2D eigenvalue weighted by Gasteiger charge is -2.15. The number of rotatable bonds is 4. The van der Waals surface area contributed by atoms with Gasteiger partial charge < -0.3 is 20.3 Å². The quantitative estimate of drug-likeness (QED) is 0.735. The van der Waals surface area contributed by atoms with E-state index in [0.29, 0.717) is 17.2 Å². The molecule has 1 unspecified atom stereocenters. The largest absolute Gasteiger partial charge is 0.480 e. The predicted molar refractivity (Wildman–Crippen MR) is 66.2 cm³/mol. The summed E-state index contributed by atoms with van der Waals surface area (Å²) < 4.78 is 5.40. The summed E-state index contributed by atoms with van der Waals surface area (Å²) in [4.78, 5) is 22.5. The van der Waals surface area contributed by atoms with Gasteiger partial charge in [0, 0.05) is 11.4 Å². The Morgan fingerprint density at radius 3 is 2.89 bits per heavy atom. The highest BCUT2D eigenvalue weighted by Crippen LogP contribution is 2.31. The third kappa shape index (κ3) is 2.97. The molecule has 0 aromatic heterocycles. The Labute approximate surface area is 113 Å². The predicted octanol–water partition coefficient (Wildman–Crippen LogP) is 0.205. The molecule has 0 bridgehead atoms. The van der Waals surface area contributed by atoms with Crippen molar-refractivity contribution in [3.8, 4) is 5.75 Å². The van der Waals surface area contributed by atoms with E-state index in [4.69, 9.17) is 26.6 Å². The van der Waals surface area contributed by atoms with Crippen molar-refractivity contribution in [1.82, 2.24) is 5.32 Å². The molecule has 0 fully saturated rings. The number of benzene rings is 1. The first-order chi connectivity index (χ1) is 9.01. The first-order valence-corrected chi connectivity index (χ1v) is 5.98. The summed E-state index contributed by atoms with van der Waals surface area (Å²) in [5.74, 6) is -1.32. The fraction of sp³-hybridized carbons (Fsp3) is 0.333. The SMILES string of the molecule is O=C(N[C@@H](CO)C(=O)O)C1Cc2cc(Cl)ccc2O1. The van der Waals surface area contributed by atoms with Crippen LogP contribution in [0.2, 0.25) is 5.02 Å². The second kappa shape index (κ2) is 5.46. The molecule has 7 heteroatoms. The molecule has 3 N–H and O–H groups in total. The Morgan fingerprint density at radius 1 is 1.53 bits per heavy atom. The number of ether oxygens (including phenoxy) is 1. The van der Waals surface area contributed by atoms with Gasteiger partial charge in [-0.15, -0.1) is 0 Å². The maximum atomic E-state index is 11.8. The number of hydrogen-bond acceptors (Lipinski definition) is 4. The lowest BCUT2D eigenvalue weighted by molar-refractivity contribution is -0.144. The van der Waals surface area contributed by atoms with Gasteiger partial charge >= 0.3 is 5.97 Å². The normalized spacial score (nSPS) is 18.3. The van der Waals surface area contributed by atoms with Crippen LogP contribution in [0.1, 0.15) is 5.56 Å². The number of amides is 1. The van der Waals surface area contributed by atoms with Gasteiger partial charge in [-0.1, -0.05) is 11.6 Å². The molecule has 0 saturated carbocycles. The number of nitrogens with one attached hydrogen (secondary N) is 1. The van der Waals surface area contributed by atoms with E-state index < -0.39 is 30.6 Å². The molecule has 2 rings (SSSR count). The number of carboxylic acids is 1. The highest BCUT2D eigenvalue weighted by molar-refractivity contribution is 6.30. The topological polar surface area (TPSA) is 95.9 Å². The van der Waals surface area contributed by atoms with Crippen LogP contribution >= 0.6 is 11.6 Å². The molecule has 1 heterocycles. The van der Waals surface area contributed by atoms with Crippen LogP contribution in [0.3, 0.4) is 0 Å². The molecule has 1 aliphatic heterocycles. The van der Waals surface area contributed by atoms with E-state index in [1.807, 2.05) is 0 Å². The van der Waals surface area contributed by atoms with E-state index in [9.17, 15) is 9.59 Å². The fourth-order valence-electron chi connectivity index (χ4n) is 1.81. The summed E-state index contributed by atoms with van der Waals surface area (Å²) in [7, 11) is 0. The van der Waals surface area contributed by atoms with Gasteiger partial charge in [-0.2, -0.15) is 0 Å². The zero-order valence-corrected chi connectivity index (χ0v) is 10.6. The lowest BCUT2D eigenvalue weighted by Crippen LogP contribution is -2.48. The minimum Gasteiger partial charge on any atom is -0.480 e. The zero-order chi connectivity index (χ0) is 14.0. The average Bonchev–Trinajstić information content (AvgIpc) is 2.78. The van der Waals surface area contributed by atoms with Gasteiger partial charge in [0.25, 0.3) is 5.91 Å². The van der Waals surface area contributed by atoms with E-state index in [-0.39, 0.29) is 0 Å². The Morgan fingerprint density at radius 2 is 2.26 bits per heavy atom. The summed E-state index contributed by atoms with van der Waals surface area (Å²) >= 11 is 5.83. The van der Waals surface area contributed by atoms with Crippen LogP contribution in [0.4, 0.5) is 0 Å². The zero-order valence-electron chi connectivity index (χ0n) is 9.80. The number of aliphatic hydroxyl groups excluding tert-OH is 1. The summed E-state index contributed by atoms with van der Waals surface area (Å²) in [6, 6.07) is 3.67. The van der Waals surface area contributed by atoms with Crippen LogP contribution in [0, 0.1) is 0 Å². The number of aliphatic hydroxyl groups is 1. The third-order valence-corrected chi connectivity index (χ3v) is 3.02. The van der Waals surface area contributed by atoms with E-state index in [2.05, 4.69) is 5.32 Å². The molecule has 0 aliphatic carbocycles. The molecule has 0 radical (unpaired) electrons. The van der Waals surface area contributed by atoms with Crippen molar-refractivity contribution in [3.63, 3.8) is 0 Å². The van der Waals surface area contributed by atoms with E-state index in [1.165, 1.54) is 0 Å². The van der Waals surface area contributed by atoms with Crippen LogP contribution < -0.4 is 10.1 Å². The van der Waals surface area contributed by atoms with Gasteiger partial charge in [0.15, 0.2) is 6.10 Å². The monoisotopic (exact) mass is 285 g/mol. The minimum atomic E-state index is -1.33. The van der Waals surface area contributed by atoms with Gasteiger partial charge in [0.05, 0.1) is 6.61 Å². The Bertz CT molecular complexity index is 519. The smallest absolute Gasteiger partial charge is 0.328 e. The number of aliphatic carboxylic acids is 1. The number of hydrogen-bond donors (Lipinski definition) is 3. The molecular weight excluding hydrogens is 274 g/mol. The van der Waals surface area contributed by atoms with Crippen molar-refractivity contribution in [1.29, 1.82) is 0 Å². The summed E-state index contributed by atoms with van der Waals surface area (Å²) in [5, 5.41) is 20.3. The Hall–Kier alpha value is -1.79. The highest BCUT2D eigenvalue weighted by Gasteiger charge is 2.31. The van der Waals surface area contributed by atoms with Gasteiger partial charge in [-0.3, -0.25) is 4.79 Å². The molecule has 19 heavy (non-hydrogen) atoms. The Balaban J connectivity index is 2.02. The van der Waals surface area contributed by atoms with Crippen molar-refractivity contribution >= 4 is 23.5 Å². The second-order valence-electron chi connectivity index (χ2n) is 4.14. The van der Waals surface area contributed by atoms with Gasteiger partial charge in [0.2, 0.25) is 0 Å². The van der Waals surface area contributed by atoms with E-state index in [0.717, 1.165) is 5.56 Å². The highest BCUT2D eigenvalue weighted by atomic mass is 35.5. The van der Waals surface area contributed by atoms with Crippen molar-refractivity contribution in [2.45, 2.75) is 18.6 Å². The summed E-state index contributed by atoms with van der Waals surface area (Å²) in [6.07, 6.45) is -0.485. The number of carbonyl (C=O) groups is 2. The van der Waals surface area contributed by atoms with Crippen molar-refractivity contribution in [2.24, 2.45) is 0 Å². The van der Waals surface area contributed by atoms with Crippen molar-refractivity contribution < 1.29 is 24.5 Å². The van der Waals surface area contributed by atoms with Crippen molar-refractivity contribution in [2.75, 3.05) is 6.61 Å². The van der Waals surface area contributed by atoms with Gasteiger partial charge in [-0.25, -0.2) is 4.79 Å². The summed E-state index contributed by atoms with van der Waals surface area (Å²) in [6.45, 7) is -0.674. The maximum absolute atomic E-state index is 11.8. The number of fused-ring (bicyclic) bond motifs is 1. The van der Waals surface area contributed by atoms with E-state index >= 15 is 0 Å². The van der Waals surface area contributed by atoms with Crippen LogP contribution in [-0.4, -0.2) is 40.8 Å². The molecule has 0 spiro atoms. The Kier molecular flexibility index (Phi) is 3.92. The maximum Gasteiger partial charge on any atom is 0.328 e. The van der Waals surface area contributed by atoms with Gasteiger partial charge in [0.1, 0.15) is 11.8 Å². The summed E-state index contributed by atoms with van der Waals surface area (Å²) in [5.41, 5.74) is 0.795. The van der Waals surface area contributed by atoms with Crippen LogP contribution in [0.25, 0.3) is 0 Å². The molecule has 1 aliphatic rings. The molecule has 1 amide bonds. The third-order valence-electron chi connectivity index (χ3n) is 2.79. The molecule has 1 aromatic carbocycles. The molecule has 1 aromatic rings. The molecule has 0 saturated heterocycles. The second-order valence-corrected chi connectivity index (χ2v) is 4.58. The number of carbonyl (C=O) groups excluding carboxylic acids is 1. The number of halogens is 1. The minimum absolute atomic E-state index is 0.319. The fourth-order valence-corrected chi connectivity index (χ4v) is 2.01. The lowest BCUT2D eigenvalue weighted by atomic mass is 10.1. The standard InChI is InChI=1S/C12H12ClNO5/c13-7-1-2-9-6(3-7)4-10(19-9)11(16)14-8(5-15)12(17)18/h1-3,8,10,15H,4-5H2,(H,14,16)(H,17,18)/t8-,10?/m0/s1. The van der Waals surface area contributed by atoms with Crippen molar-refractivity contribution in [3.05, 3.63) is 28.8 Å². The first kappa shape index (κ1) is 13.6. The van der Waals surface area contributed by atoms with Crippen LogP contribution in [-0.2, 0) is 16.0 Å². The van der Waals surface area contributed by atoms with Crippen LogP contribution in [0.15, 0.2) is 18.2 Å². The van der Waals surface area contributed by atoms with Crippen LogP contribution in [0.5, 0.6) is 5.75 Å². The van der Waals surface area contributed by atoms with E-state index in [1.54, 1.807) is 18.2 Å². The number of carboxylic acid groups (broad SMARTS) is 1. The van der Waals surface area contributed by atoms with Gasteiger partial charge in [-0.05, 0) is 23.8 Å². The molecule has 102 valence electrons. The molecular formula is C12H12ClNO5.